The molecule has 0 radical (unpaired) electrons. The number of halogens is 1. The number of rotatable bonds is 4. The molecule has 2 nitrogen and oxygen atoms in total. The zero-order valence-corrected chi connectivity index (χ0v) is 6.69. The molecule has 1 N–H and O–H groups in total. The van der Waals surface area contributed by atoms with Crippen molar-refractivity contribution in [2.75, 3.05) is 5.88 Å². The minimum absolute atomic E-state index is 0.189. The molecule has 0 spiro atoms. The van der Waals surface area contributed by atoms with E-state index in [1.807, 2.05) is 13.0 Å². The van der Waals surface area contributed by atoms with Gasteiger partial charge in [-0.1, -0.05) is 11.6 Å². The normalized spacial score (nSPS) is 11.6. The van der Waals surface area contributed by atoms with E-state index < -0.39 is 5.97 Å². The third-order valence-corrected chi connectivity index (χ3v) is 1.48. The zero-order valence-electron chi connectivity index (χ0n) is 5.93. The average Bonchev–Trinajstić information content (AvgIpc) is 1.87. The zero-order chi connectivity index (χ0) is 7.98. The van der Waals surface area contributed by atoms with Crippen LogP contribution in [0, 0.1) is 0 Å². The first-order valence-corrected chi connectivity index (χ1v) is 3.63. The van der Waals surface area contributed by atoms with Crippen molar-refractivity contribution in [1.82, 2.24) is 0 Å². The first kappa shape index (κ1) is 9.50. The van der Waals surface area contributed by atoms with Gasteiger partial charge < -0.3 is 5.11 Å². The summed E-state index contributed by atoms with van der Waals surface area (Å²) >= 11 is 5.45. The van der Waals surface area contributed by atoms with E-state index >= 15 is 0 Å². The van der Waals surface area contributed by atoms with Gasteiger partial charge in [-0.3, -0.25) is 4.79 Å². The molecule has 0 unspecified atom stereocenters. The fourth-order valence-electron chi connectivity index (χ4n) is 0.497. The van der Waals surface area contributed by atoms with Crippen molar-refractivity contribution in [2.45, 2.75) is 19.8 Å². The van der Waals surface area contributed by atoms with Crippen LogP contribution in [0.1, 0.15) is 19.8 Å². The highest BCUT2D eigenvalue weighted by atomic mass is 35.5. The van der Waals surface area contributed by atoms with Crippen LogP contribution in [0.4, 0.5) is 0 Å². The average molecular weight is 163 g/mol. The summed E-state index contributed by atoms with van der Waals surface area (Å²) in [6.45, 7) is 1.88. The molecule has 10 heavy (non-hydrogen) atoms. The van der Waals surface area contributed by atoms with Crippen molar-refractivity contribution >= 4 is 17.6 Å². The Morgan fingerprint density at radius 1 is 1.70 bits per heavy atom. The van der Waals surface area contributed by atoms with Gasteiger partial charge in [0.1, 0.15) is 0 Å². The van der Waals surface area contributed by atoms with E-state index in [0.717, 1.165) is 5.57 Å². The number of allylic oxidation sites excluding steroid dienone is 2. The fraction of sp³-hybridized carbons (Fsp3) is 0.571. The molecular weight excluding hydrogens is 152 g/mol. The largest absolute Gasteiger partial charge is 0.481 e. The molecule has 0 atom stereocenters. The summed E-state index contributed by atoms with van der Waals surface area (Å²) in [6, 6.07) is 0. The molecule has 0 saturated heterocycles. The second kappa shape index (κ2) is 5.30. The number of alkyl halides is 1. The van der Waals surface area contributed by atoms with E-state index in [1.165, 1.54) is 0 Å². The van der Waals surface area contributed by atoms with Crippen molar-refractivity contribution in [3.05, 3.63) is 11.6 Å². The molecule has 0 aliphatic heterocycles. The van der Waals surface area contributed by atoms with Crippen LogP contribution in [0.15, 0.2) is 11.6 Å². The Hall–Kier alpha value is -0.500. The molecule has 3 heteroatoms. The standard InChI is InChI=1S/C7H11ClO2/c1-6(5-8)3-2-4-7(9)10/h3H,2,4-5H2,1H3,(H,9,10). The number of aliphatic carboxylic acids is 1. The summed E-state index contributed by atoms with van der Waals surface area (Å²) in [6.07, 6.45) is 2.61. The Morgan fingerprint density at radius 3 is 2.70 bits per heavy atom. The maximum Gasteiger partial charge on any atom is 0.303 e. The monoisotopic (exact) mass is 162 g/mol. The lowest BCUT2D eigenvalue weighted by molar-refractivity contribution is -0.136. The van der Waals surface area contributed by atoms with Crippen molar-refractivity contribution < 1.29 is 9.90 Å². The number of carboxylic acids is 1. The van der Waals surface area contributed by atoms with Gasteiger partial charge in [-0.25, -0.2) is 0 Å². The summed E-state index contributed by atoms with van der Waals surface area (Å²) < 4.78 is 0. The first-order chi connectivity index (χ1) is 4.66. The number of carboxylic acid groups (broad SMARTS) is 1. The smallest absolute Gasteiger partial charge is 0.303 e. The van der Waals surface area contributed by atoms with Crippen molar-refractivity contribution in [2.24, 2.45) is 0 Å². The third-order valence-electron chi connectivity index (χ3n) is 1.06. The molecule has 0 heterocycles. The number of carbonyl (C=O) groups is 1. The lowest BCUT2D eigenvalue weighted by atomic mass is 10.2. The summed E-state index contributed by atoms with van der Waals surface area (Å²) in [4.78, 5) is 10.0. The highest BCUT2D eigenvalue weighted by Gasteiger charge is 1.92. The fourth-order valence-corrected chi connectivity index (χ4v) is 0.606. The molecule has 0 aromatic carbocycles. The van der Waals surface area contributed by atoms with E-state index in [9.17, 15) is 4.79 Å². The van der Waals surface area contributed by atoms with Gasteiger partial charge in [0.05, 0.1) is 0 Å². The van der Waals surface area contributed by atoms with Gasteiger partial charge >= 0.3 is 5.97 Å². The van der Waals surface area contributed by atoms with Crippen molar-refractivity contribution in [3.8, 4) is 0 Å². The van der Waals surface area contributed by atoms with Crippen LogP contribution in [0.5, 0.6) is 0 Å². The number of hydrogen-bond donors (Lipinski definition) is 1. The van der Waals surface area contributed by atoms with Crippen LogP contribution in [0.25, 0.3) is 0 Å². The highest BCUT2D eigenvalue weighted by molar-refractivity contribution is 6.19. The van der Waals surface area contributed by atoms with E-state index in [0.29, 0.717) is 12.3 Å². The molecule has 0 fully saturated rings. The lowest BCUT2D eigenvalue weighted by Crippen LogP contribution is -1.92. The molecule has 0 rings (SSSR count). The lowest BCUT2D eigenvalue weighted by Gasteiger charge is -1.91. The van der Waals surface area contributed by atoms with Crippen LogP contribution >= 0.6 is 11.6 Å². The summed E-state index contributed by atoms with van der Waals surface area (Å²) in [5, 5.41) is 8.24. The topological polar surface area (TPSA) is 37.3 Å². The Kier molecular flexibility index (Phi) is 5.03. The maximum atomic E-state index is 10.0. The number of hydrogen-bond acceptors (Lipinski definition) is 1. The maximum absolute atomic E-state index is 10.0. The second-order valence-electron chi connectivity index (χ2n) is 2.12. The van der Waals surface area contributed by atoms with Gasteiger partial charge in [-0.15, -0.1) is 11.6 Å². The van der Waals surface area contributed by atoms with Gasteiger partial charge in [-0.05, 0) is 13.3 Å². The Morgan fingerprint density at radius 2 is 2.30 bits per heavy atom. The quantitative estimate of drug-likeness (QED) is 0.508. The highest BCUT2D eigenvalue weighted by Crippen LogP contribution is 1.99. The Balaban J connectivity index is 3.43. The molecule has 0 aliphatic carbocycles. The van der Waals surface area contributed by atoms with Gasteiger partial charge in [-0.2, -0.15) is 0 Å². The van der Waals surface area contributed by atoms with Gasteiger partial charge in [0.25, 0.3) is 0 Å². The summed E-state index contributed by atoms with van der Waals surface area (Å²) in [7, 11) is 0. The van der Waals surface area contributed by atoms with Crippen LogP contribution in [0.2, 0.25) is 0 Å². The summed E-state index contributed by atoms with van der Waals surface area (Å²) in [5.74, 6) is -0.279. The molecule has 0 amide bonds. The van der Waals surface area contributed by atoms with Crippen molar-refractivity contribution in [3.63, 3.8) is 0 Å². The molecular formula is C7H11ClO2. The van der Waals surface area contributed by atoms with Gasteiger partial charge in [0, 0.05) is 12.3 Å². The van der Waals surface area contributed by atoms with Gasteiger partial charge in [0.2, 0.25) is 0 Å². The molecule has 0 bridgehead atoms. The summed E-state index contributed by atoms with van der Waals surface area (Å²) in [5.41, 5.74) is 1.03. The molecule has 58 valence electrons. The van der Waals surface area contributed by atoms with E-state index in [2.05, 4.69) is 0 Å². The first-order valence-electron chi connectivity index (χ1n) is 3.10. The van der Waals surface area contributed by atoms with Gasteiger partial charge in [0.15, 0.2) is 0 Å². The minimum atomic E-state index is -0.765. The predicted octanol–water partition coefficient (Wildman–Crippen LogP) is 2.04. The second-order valence-corrected chi connectivity index (χ2v) is 2.38. The van der Waals surface area contributed by atoms with Crippen molar-refractivity contribution in [1.29, 1.82) is 0 Å². The molecule has 0 aromatic heterocycles. The molecule has 0 aromatic rings. The van der Waals surface area contributed by atoms with E-state index in [1.54, 1.807) is 0 Å². The van der Waals surface area contributed by atoms with E-state index in [4.69, 9.17) is 16.7 Å². The van der Waals surface area contributed by atoms with Crippen LogP contribution in [0.3, 0.4) is 0 Å². The van der Waals surface area contributed by atoms with E-state index in [-0.39, 0.29) is 6.42 Å². The van der Waals surface area contributed by atoms with Crippen LogP contribution < -0.4 is 0 Å². The molecule has 0 saturated carbocycles. The third kappa shape index (κ3) is 5.63. The molecule has 0 aliphatic rings. The minimum Gasteiger partial charge on any atom is -0.481 e. The van der Waals surface area contributed by atoms with Crippen LogP contribution in [-0.4, -0.2) is 17.0 Å². The predicted molar refractivity (Wildman–Crippen MR) is 41.3 cm³/mol. The Bertz CT molecular complexity index is 141. The SMILES string of the molecule is CC(=CCCC(=O)O)CCl. The Labute approximate surface area is 65.5 Å². The van der Waals surface area contributed by atoms with Crippen LogP contribution in [-0.2, 0) is 4.79 Å².